The van der Waals surface area contributed by atoms with Gasteiger partial charge in [0, 0.05) is 16.5 Å². The van der Waals surface area contributed by atoms with Crippen molar-refractivity contribution in [2.45, 2.75) is 52.4 Å². The zero-order valence-corrected chi connectivity index (χ0v) is 21.1. The van der Waals surface area contributed by atoms with E-state index in [4.69, 9.17) is 9.72 Å². The van der Waals surface area contributed by atoms with E-state index in [1.54, 1.807) is 11.3 Å². The second-order valence-corrected chi connectivity index (χ2v) is 8.89. The highest BCUT2D eigenvalue weighted by Gasteiger charge is 2.07. The molecule has 0 N–H and O–H groups in total. The second kappa shape index (κ2) is 15.0. The zero-order valence-electron chi connectivity index (χ0n) is 19.5. The van der Waals surface area contributed by atoms with Crippen LogP contribution >= 0.6 is 23.7 Å². The molecule has 2 aromatic carbocycles. The monoisotopic (exact) mass is 472 g/mol. The molecule has 0 atom stereocenters. The first-order valence-electron chi connectivity index (χ1n) is 11.8. The van der Waals surface area contributed by atoms with E-state index >= 15 is 0 Å². The Balaban J connectivity index is 0.00000363. The van der Waals surface area contributed by atoms with Crippen molar-refractivity contribution in [2.24, 2.45) is 0 Å². The van der Waals surface area contributed by atoms with Crippen LogP contribution in [0.4, 0.5) is 0 Å². The normalized spacial score (nSPS) is 10.8. The zero-order chi connectivity index (χ0) is 21.7. The van der Waals surface area contributed by atoms with E-state index in [2.05, 4.69) is 72.7 Å². The summed E-state index contributed by atoms with van der Waals surface area (Å²) >= 11 is 1.69. The lowest BCUT2D eigenvalue weighted by atomic mass is 10.1. The number of hydrogen-bond acceptors (Lipinski definition) is 4. The van der Waals surface area contributed by atoms with Gasteiger partial charge in [-0.1, -0.05) is 57.0 Å². The molecule has 1 heterocycles. The van der Waals surface area contributed by atoms with Crippen LogP contribution in [-0.4, -0.2) is 36.1 Å². The first-order valence-corrected chi connectivity index (χ1v) is 12.6. The number of nitrogens with zero attached hydrogens (tertiary/aromatic N) is 2. The number of hydrogen-bond donors (Lipinski definition) is 0. The highest BCUT2D eigenvalue weighted by molar-refractivity contribution is 7.13. The number of benzene rings is 2. The van der Waals surface area contributed by atoms with Gasteiger partial charge in [0.05, 0.1) is 12.3 Å². The molecule has 32 heavy (non-hydrogen) atoms. The second-order valence-electron chi connectivity index (χ2n) is 8.03. The number of unbranched alkanes of at least 4 members (excludes halogenated alkanes) is 3. The van der Waals surface area contributed by atoms with Crippen molar-refractivity contribution in [1.82, 2.24) is 9.88 Å². The number of ether oxygens (including phenoxy) is 1. The average Bonchev–Trinajstić information content (AvgIpc) is 3.31. The molecule has 0 aliphatic rings. The summed E-state index contributed by atoms with van der Waals surface area (Å²) in [4.78, 5) is 7.42. The van der Waals surface area contributed by atoms with Gasteiger partial charge in [0.15, 0.2) is 0 Å². The summed E-state index contributed by atoms with van der Waals surface area (Å²) < 4.78 is 5.98. The lowest BCUT2D eigenvalue weighted by molar-refractivity contribution is 0.243. The van der Waals surface area contributed by atoms with Crippen molar-refractivity contribution in [3.63, 3.8) is 0 Å². The molecule has 0 saturated heterocycles. The smallest absolute Gasteiger partial charge is 0.124 e. The summed E-state index contributed by atoms with van der Waals surface area (Å²) in [5, 5.41) is 3.18. The maximum Gasteiger partial charge on any atom is 0.124 e. The number of thiazole rings is 1. The van der Waals surface area contributed by atoms with E-state index in [1.165, 1.54) is 57.3 Å². The van der Waals surface area contributed by atoms with E-state index < -0.39 is 0 Å². The molecule has 0 aliphatic heterocycles. The van der Waals surface area contributed by atoms with Crippen LogP contribution < -0.4 is 4.74 Å². The summed E-state index contributed by atoms with van der Waals surface area (Å²) in [5.74, 6) is 0.941. The predicted molar refractivity (Wildman–Crippen MR) is 141 cm³/mol. The van der Waals surface area contributed by atoms with Gasteiger partial charge in [-0.25, -0.2) is 4.98 Å². The molecule has 0 fully saturated rings. The van der Waals surface area contributed by atoms with Crippen molar-refractivity contribution >= 4 is 23.7 Å². The lowest BCUT2D eigenvalue weighted by Gasteiger charge is -2.21. The van der Waals surface area contributed by atoms with E-state index in [0.29, 0.717) is 0 Å². The molecule has 0 radical (unpaired) electrons. The molecule has 0 unspecified atom stereocenters. The van der Waals surface area contributed by atoms with Crippen molar-refractivity contribution in [2.75, 3.05) is 26.2 Å². The Morgan fingerprint density at radius 3 is 2.09 bits per heavy atom. The van der Waals surface area contributed by atoms with Crippen LogP contribution in [0.25, 0.3) is 21.8 Å². The summed E-state index contributed by atoms with van der Waals surface area (Å²) in [5.41, 5.74) is 3.32. The van der Waals surface area contributed by atoms with Crippen molar-refractivity contribution in [1.29, 1.82) is 0 Å². The number of halogens is 1. The first-order chi connectivity index (χ1) is 15.3. The van der Waals surface area contributed by atoms with Crippen LogP contribution in [0.2, 0.25) is 0 Å². The molecule has 0 saturated carbocycles. The summed E-state index contributed by atoms with van der Waals surface area (Å²) in [6, 6.07) is 18.7. The van der Waals surface area contributed by atoms with Crippen molar-refractivity contribution in [3.8, 4) is 27.6 Å². The Hall–Kier alpha value is -1.88. The number of rotatable bonds is 14. The van der Waals surface area contributed by atoms with Gasteiger partial charge in [-0.05, 0) is 69.6 Å². The van der Waals surface area contributed by atoms with E-state index in [1.807, 2.05) is 6.07 Å². The highest BCUT2D eigenvalue weighted by Crippen LogP contribution is 2.29. The van der Waals surface area contributed by atoms with Gasteiger partial charge >= 0.3 is 0 Å². The Bertz CT molecular complexity index is 859. The van der Waals surface area contributed by atoms with Gasteiger partial charge in [0.1, 0.15) is 10.8 Å². The summed E-state index contributed by atoms with van der Waals surface area (Å²) in [7, 11) is 0. The number of aromatic nitrogens is 1. The van der Waals surface area contributed by atoms with E-state index in [0.717, 1.165) is 35.0 Å². The molecule has 3 rings (SSSR count). The first kappa shape index (κ1) is 26.4. The van der Waals surface area contributed by atoms with Gasteiger partial charge in [0.2, 0.25) is 0 Å². The molecule has 0 bridgehead atoms. The van der Waals surface area contributed by atoms with E-state index in [-0.39, 0.29) is 12.4 Å². The quantitative estimate of drug-likeness (QED) is 0.222. The van der Waals surface area contributed by atoms with Gasteiger partial charge in [-0.2, -0.15) is 0 Å². The van der Waals surface area contributed by atoms with Crippen LogP contribution in [0, 0.1) is 0 Å². The third-order valence-electron chi connectivity index (χ3n) is 5.47. The van der Waals surface area contributed by atoms with Gasteiger partial charge in [-0.15, -0.1) is 23.7 Å². The topological polar surface area (TPSA) is 25.4 Å². The maximum atomic E-state index is 5.98. The fraction of sp³-hybridized carbons (Fsp3) is 0.444. The maximum absolute atomic E-state index is 5.98. The van der Waals surface area contributed by atoms with Crippen LogP contribution in [0.1, 0.15) is 52.4 Å². The minimum atomic E-state index is 0. The van der Waals surface area contributed by atoms with Crippen LogP contribution in [0.5, 0.6) is 5.75 Å². The predicted octanol–water partition coefficient (Wildman–Crippen LogP) is 7.96. The molecule has 0 aliphatic carbocycles. The lowest BCUT2D eigenvalue weighted by Crippen LogP contribution is -2.27. The average molecular weight is 473 g/mol. The van der Waals surface area contributed by atoms with Crippen LogP contribution in [0.15, 0.2) is 60.0 Å². The summed E-state index contributed by atoms with van der Waals surface area (Å²) in [6.07, 6.45) is 7.46. The molecule has 174 valence electrons. The molecule has 3 aromatic rings. The molecular formula is C27H37ClN2OS. The summed E-state index contributed by atoms with van der Waals surface area (Å²) in [6.45, 7) is 8.99. The third kappa shape index (κ3) is 8.57. The Labute approximate surface area is 204 Å². The highest BCUT2D eigenvalue weighted by atomic mass is 35.5. The van der Waals surface area contributed by atoms with Gasteiger partial charge < -0.3 is 9.64 Å². The van der Waals surface area contributed by atoms with E-state index in [9.17, 15) is 0 Å². The van der Waals surface area contributed by atoms with Crippen molar-refractivity contribution < 1.29 is 4.74 Å². The minimum absolute atomic E-state index is 0. The third-order valence-corrected chi connectivity index (χ3v) is 6.36. The SMILES string of the molecule is CCCCN(CCCC)CCCCOc1ccc(-c2csc(-c3ccccc3)n2)cc1.Cl. The molecular weight excluding hydrogens is 436 g/mol. The molecule has 3 nitrogen and oxygen atoms in total. The van der Waals surface area contributed by atoms with Crippen LogP contribution in [0.3, 0.4) is 0 Å². The Kier molecular flexibility index (Phi) is 12.4. The Morgan fingerprint density at radius 2 is 1.44 bits per heavy atom. The van der Waals surface area contributed by atoms with Gasteiger partial charge in [-0.3, -0.25) is 0 Å². The molecule has 5 heteroatoms. The van der Waals surface area contributed by atoms with Crippen LogP contribution in [-0.2, 0) is 0 Å². The largest absolute Gasteiger partial charge is 0.494 e. The molecule has 1 aromatic heterocycles. The molecule has 0 spiro atoms. The fourth-order valence-corrected chi connectivity index (χ4v) is 4.40. The Morgan fingerprint density at radius 1 is 0.781 bits per heavy atom. The van der Waals surface area contributed by atoms with Crippen molar-refractivity contribution in [3.05, 3.63) is 60.0 Å². The molecule has 0 amide bonds. The standard InChI is InChI=1S/C27H36N2OS.ClH/c1-3-5-18-29(19-6-4-2)20-10-11-21-30-25-16-14-23(15-17-25)26-22-31-27(28-26)24-12-8-7-9-13-24;/h7-9,12-17,22H,3-6,10-11,18-21H2,1-2H3;1H. The minimum Gasteiger partial charge on any atom is -0.494 e. The fourth-order valence-electron chi connectivity index (χ4n) is 3.57. The van der Waals surface area contributed by atoms with Gasteiger partial charge in [0.25, 0.3) is 0 Å².